The van der Waals surface area contributed by atoms with Gasteiger partial charge in [-0.2, -0.15) is 0 Å². The van der Waals surface area contributed by atoms with Gasteiger partial charge < -0.3 is 10.2 Å². The standard InChI is InChI=1S/C15H21N3O.2ClH/c1-12-2-4-13(5-3-12)18-9-6-14(15(18)19)17-10-7-16-8-11-17;;/h2-5,14,16H,6-11H2,1H3;2*1H. The van der Waals surface area contributed by atoms with Gasteiger partial charge in [-0.05, 0) is 25.5 Å². The van der Waals surface area contributed by atoms with Gasteiger partial charge in [0.2, 0.25) is 5.91 Å². The van der Waals surface area contributed by atoms with Crippen LogP contribution in [0.5, 0.6) is 0 Å². The Kier molecular flexibility index (Phi) is 6.94. The van der Waals surface area contributed by atoms with E-state index in [9.17, 15) is 4.79 Å². The third kappa shape index (κ3) is 3.89. The van der Waals surface area contributed by atoms with Crippen molar-refractivity contribution >= 4 is 36.4 Å². The summed E-state index contributed by atoms with van der Waals surface area (Å²) in [6.07, 6.45) is 0.951. The van der Waals surface area contributed by atoms with Gasteiger partial charge in [0.1, 0.15) is 0 Å². The molecule has 1 amide bonds. The second-order valence-corrected chi connectivity index (χ2v) is 5.42. The van der Waals surface area contributed by atoms with Crippen molar-refractivity contribution in [3.63, 3.8) is 0 Å². The molecule has 1 unspecified atom stereocenters. The Morgan fingerprint density at radius 2 is 1.67 bits per heavy atom. The Labute approximate surface area is 138 Å². The van der Waals surface area contributed by atoms with Gasteiger partial charge in [-0.3, -0.25) is 9.69 Å². The minimum absolute atomic E-state index is 0. The summed E-state index contributed by atoms with van der Waals surface area (Å²) in [5.74, 6) is 0.269. The minimum atomic E-state index is 0. The molecule has 2 aliphatic rings. The van der Waals surface area contributed by atoms with Crippen molar-refractivity contribution in [2.75, 3.05) is 37.6 Å². The van der Waals surface area contributed by atoms with Gasteiger partial charge in [-0.1, -0.05) is 17.7 Å². The first-order chi connectivity index (χ1) is 9.25. The fourth-order valence-electron chi connectivity index (χ4n) is 2.98. The average Bonchev–Trinajstić information content (AvgIpc) is 2.83. The lowest BCUT2D eigenvalue weighted by Crippen LogP contribution is -2.51. The van der Waals surface area contributed by atoms with Crippen LogP contribution in [0.2, 0.25) is 0 Å². The molecular weight excluding hydrogens is 309 g/mol. The molecule has 0 spiro atoms. The molecular formula is C15H23Cl2N3O. The van der Waals surface area contributed by atoms with E-state index in [2.05, 4.69) is 29.3 Å². The molecule has 0 radical (unpaired) electrons. The summed E-state index contributed by atoms with van der Waals surface area (Å²) in [7, 11) is 0. The molecule has 0 bridgehead atoms. The molecule has 2 fully saturated rings. The van der Waals surface area contributed by atoms with Crippen molar-refractivity contribution in [1.29, 1.82) is 0 Å². The van der Waals surface area contributed by atoms with Crippen molar-refractivity contribution in [2.24, 2.45) is 0 Å². The summed E-state index contributed by atoms with van der Waals surface area (Å²) in [6.45, 7) is 6.87. The molecule has 4 nitrogen and oxygen atoms in total. The molecule has 1 aromatic rings. The maximum Gasteiger partial charge on any atom is 0.244 e. The van der Waals surface area contributed by atoms with Crippen molar-refractivity contribution in [1.82, 2.24) is 10.2 Å². The molecule has 2 aliphatic heterocycles. The summed E-state index contributed by atoms with van der Waals surface area (Å²) in [6, 6.07) is 8.32. The van der Waals surface area contributed by atoms with Gasteiger partial charge in [0, 0.05) is 38.4 Å². The summed E-state index contributed by atoms with van der Waals surface area (Å²) < 4.78 is 0. The monoisotopic (exact) mass is 331 g/mol. The number of halogens is 2. The normalized spacial score (nSPS) is 22.6. The predicted molar refractivity (Wildman–Crippen MR) is 90.9 cm³/mol. The van der Waals surface area contributed by atoms with Crippen LogP contribution in [0.1, 0.15) is 12.0 Å². The Balaban J connectivity index is 0.00000110. The molecule has 0 aliphatic carbocycles. The zero-order valence-corrected chi connectivity index (χ0v) is 13.9. The smallest absolute Gasteiger partial charge is 0.244 e. The number of benzene rings is 1. The molecule has 0 aromatic heterocycles. The van der Waals surface area contributed by atoms with Crippen molar-refractivity contribution in [3.05, 3.63) is 29.8 Å². The van der Waals surface area contributed by atoms with Crippen LogP contribution in [0.3, 0.4) is 0 Å². The number of carbonyl (C=O) groups is 1. The molecule has 2 heterocycles. The topological polar surface area (TPSA) is 35.6 Å². The van der Waals surface area contributed by atoms with Gasteiger partial charge in [0.05, 0.1) is 6.04 Å². The minimum Gasteiger partial charge on any atom is -0.314 e. The van der Waals surface area contributed by atoms with E-state index in [1.807, 2.05) is 17.0 Å². The molecule has 1 aromatic carbocycles. The second-order valence-electron chi connectivity index (χ2n) is 5.42. The van der Waals surface area contributed by atoms with Crippen LogP contribution in [0, 0.1) is 6.92 Å². The number of hydrogen-bond donors (Lipinski definition) is 1. The van der Waals surface area contributed by atoms with Crippen LogP contribution in [0.15, 0.2) is 24.3 Å². The van der Waals surface area contributed by atoms with E-state index in [4.69, 9.17) is 0 Å². The third-order valence-corrected chi connectivity index (χ3v) is 4.12. The second kappa shape index (κ2) is 7.99. The Morgan fingerprint density at radius 3 is 2.29 bits per heavy atom. The highest BCUT2D eigenvalue weighted by atomic mass is 35.5. The SMILES string of the molecule is Cc1ccc(N2CCC(N3CCNCC3)C2=O)cc1.Cl.Cl. The molecule has 6 heteroatoms. The van der Waals surface area contributed by atoms with E-state index in [1.165, 1.54) is 5.56 Å². The molecule has 0 saturated carbocycles. The van der Waals surface area contributed by atoms with E-state index in [0.717, 1.165) is 44.8 Å². The average molecular weight is 332 g/mol. The van der Waals surface area contributed by atoms with Gasteiger partial charge in [0.25, 0.3) is 0 Å². The largest absolute Gasteiger partial charge is 0.314 e. The van der Waals surface area contributed by atoms with Gasteiger partial charge in [0.15, 0.2) is 0 Å². The zero-order valence-electron chi connectivity index (χ0n) is 12.2. The number of rotatable bonds is 2. The van der Waals surface area contributed by atoms with Gasteiger partial charge in [-0.15, -0.1) is 24.8 Å². The first-order valence-corrected chi connectivity index (χ1v) is 7.08. The van der Waals surface area contributed by atoms with Crippen LogP contribution < -0.4 is 10.2 Å². The molecule has 118 valence electrons. The van der Waals surface area contributed by atoms with Gasteiger partial charge in [-0.25, -0.2) is 0 Å². The van der Waals surface area contributed by atoms with E-state index in [1.54, 1.807) is 0 Å². The molecule has 2 saturated heterocycles. The number of carbonyl (C=O) groups excluding carboxylic acids is 1. The summed E-state index contributed by atoms with van der Waals surface area (Å²) in [5, 5.41) is 3.34. The Morgan fingerprint density at radius 1 is 1.05 bits per heavy atom. The highest BCUT2D eigenvalue weighted by Gasteiger charge is 2.36. The van der Waals surface area contributed by atoms with E-state index in [-0.39, 0.29) is 36.8 Å². The van der Waals surface area contributed by atoms with Crippen LogP contribution >= 0.6 is 24.8 Å². The number of anilines is 1. The lowest BCUT2D eigenvalue weighted by atomic mass is 10.2. The van der Waals surface area contributed by atoms with E-state index in [0.29, 0.717) is 0 Å². The summed E-state index contributed by atoms with van der Waals surface area (Å²) in [5.41, 5.74) is 2.27. The number of aryl methyl sites for hydroxylation is 1. The first kappa shape index (κ1) is 18.2. The Bertz CT molecular complexity index is 460. The number of piperazine rings is 1. The maximum atomic E-state index is 12.6. The number of nitrogens with one attached hydrogen (secondary N) is 1. The lowest BCUT2D eigenvalue weighted by Gasteiger charge is -2.31. The number of amides is 1. The lowest BCUT2D eigenvalue weighted by molar-refractivity contribution is -0.121. The zero-order chi connectivity index (χ0) is 13.2. The highest BCUT2D eigenvalue weighted by molar-refractivity contribution is 5.99. The quantitative estimate of drug-likeness (QED) is 0.898. The fraction of sp³-hybridized carbons (Fsp3) is 0.533. The van der Waals surface area contributed by atoms with Crippen molar-refractivity contribution in [3.8, 4) is 0 Å². The summed E-state index contributed by atoms with van der Waals surface area (Å²) >= 11 is 0. The first-order valence-electron chi connectivity index (χ1n) is 7.08. The number of nitrogens with zero attached hydrogens (tertiary/aromatic N) is 2. The van der Waals surface area contributed by atoms with Crippen molar-refractivity contribution in [2.45, 2.75) is 19.4 Å². The van der Waals surface area contributed by atoms with E-state index < -0.39 is 0 Å². The summed E-state index contributed by atoms with van der Waals surface area (Å²) in [4.78, 5) is 16.8. The predicted octanol–water partition coefficient (Wildman–Crippen LogP) is 1.85. The van der Waals surface area contributed by atoms with Crippen LogP contribution in [-0.4, -0.2) is 49.6 Å². The van der Waals surface area contributed by atoms with Crippen LogP contribution in [-0.2, 0) is 4.79 Å². The highest BCUT2D eigenvalue weighted by Crippen LogP contribution is 2.24. The third-order valence-electron chi connectivity index (χ3n) is 4.12. The number of hydrogen-bond acceptors (Lipinski definition) is 3. The van der Waals surface area contributed by atoms with Crippen LogP contribution in [0.25, 0.3) is 0 Å². The molecule has 1 atom stereocenters. The maximum absolute atomic E-state index is 12.6. The Hall–Kier alpha value is -0.810. The fourth-order valence-corrected chi connectivity index (χ4v) is 2.98. The molecule has 21 heavy (non-hydrogen) atoms. The van der Waals surface area contributed by atoms with Crippen molar-refractivity contribution < 1.29 is 4.79 Å². The van der Waals surface area contributed by atoms with E-state index >= 15 is 0 Å². The van der Waals surface area contributed by atoms with Crippen LogP contribution in [0.4, 0.5) is 5.69 Å². The molecule has 3 rings (SSSR count). The van der Waals surface area contributed by atoms with Gasteiger partial charge >= 0.3 is 0 Å². The molecule has 1 N–H and O–H groups in total.